The molecule has 1 N–H and O–H groups in total. The van der Waals surface area contributed by atoms with Gasteiger partial charge in [-0.2, -0.15) is 0 Å². The number of aliphatic hydroxyl groups is 1. The van der Waals surface area contributed by atoms with Gasteiger partial charge in [-0.3, -0.25) is 0 Å². The summed E-state index contributed by atoms with van der Waals surface area (Å²) in [5.74, 6) is 1.29. The Morgan fingerprint density at radius 3 is 2.65 bits per heavy atom. The van der Waals surface area contributed by atoms with Crippen LogP contribution in [0.2, 0.25) is 0 Å². The van der Waals surface area contributed by atoms with Gasteiger partial charge in [0.15, 0.2) is 0 Å². The number of fused-ring (bicyclic) bond motifs is 1. The summed E-state index contributed by atoms with van der Waals surface area (Å²) in [7, 11) is 0. The Hall–Kier alpha value is -0.300. The third-order valence-corrected chi connectivity index (χ3v) is 5.78. The Morgan fingerprint density at radius 2 is 2.06 bits per heavy atom. The fourth-order valence-electron chi connectivity index (χ4n) is 4.28. The summed E-state index contributed by atoms with van der Waals surface area (Å²) in [5, 5.41) is 10.8. The Kier molecular flexibility index (Phi) is 3.18. The molecule has 2 rings (SSSR count). The van der Waals surface area contributed by atoms with Crippen molar-refractivity contribution in [3.8, 4) is 0 Å². The average molecular weight is 236 g/mol. The summed E-state index contributed by atoms with van der Waals surface area (Å²) < 4.78 is 0. The minimum absolute atomic E-state index is 0.324. The van der Waals surface area contributed by atoms with Gasteiger partial charge in [-0.1, -0.05) is 32.9 Å². The highest BCUT2D eigenvalue weighted by Gasteiger charge is 2.53. The standard InChI is InChI=1S/C16H28O/c1-11(2)16(5,17)13-8-10-15(4)9-6-7-12(3)14(13)15/h11,13-14,17H,3,6-10H2,1-2,4-5H3/t13-,14+,15?,16+/m1/s1. The summed E-state index contributed by atoms with van der Waals surface area (Å²) in [5.41, 5.74) is 1.28. The van der Waals surface area contributed by atoms with E-state index >= 15 is 0 Å². The van der Waals surface area contributed by atoms with Crippen molar-refractivity contribution >= 4 is 0 Å². The second-order valence-electron chi connectivity index (χ2n) is 7.17. The van der Waals surface area contributed by atoms with Gasteiger partial charge in [0.2, 0.25) is 0 Å². The van der Waals surface area contributed by atoms with E-state index in [1.807, 2.05) is 6.92 Å². The summed E-state index contributed by atoms with van der Waals surface area (Å²) >= 11 is 0. The number of allylic oxidation sites excluding steroid dienone is 1. The molecule has 0 saturated heterocycles. The smallest absolute Gasteiger partial charge is 0.0676 e. The van der Waals surface area contributed by atoms with Gasteiger partial charge in [0.25, 0.3) is 0 Å². The van der Waals surface area contributed by atoms with Crippen LogP contribution in [0, 0.1) is 23.2 Å². The number of rotatable bonds is 2. The third-order valence-electron chi connectivity index (χ3n) is 5.78. The molecular formula is C16H28O. The zero-order valence-corrected chi connectivity index (χ0v) is 11.9. The predicted octanol–water partition coefficient (Wildman–Crippen LogP) is 4.17. The van der Waals surface area contributed by atoms with Crippen LogP contribution < -0.4 is 0 Å². The molecule has 0 aromatic carbocycles. The van der Waals surface area contributed by atoms with Gasteiger partial charge >= 0.3 is 0 Å². The molecule has 0 aliphatic heterocycles. The first kappa shape index (κ1) is 13.1. The van der Waals surface area contributed by atoms with Crippen molar-refractivity contribution in [2.75, 3.05) is 0 Å². The van der Waals surface area contributed by atoms with Gasteiger partial charge in [-0.25, -0.2) is 0 Å². The van der Waals surface area contributed by atoms with Crippen LogP contribution in [0.3, 0.4) is 0 Å². The van der Waals surface area contributed by atoms with Gasteiger partial charge in [0.1, 0.15) is 0 Å². The molecule has 2 aliphatic carbocycles. The largest absolute Gasteiger partial charge is 0.390 e. The van der Waals surface area contributed by atoms with E-state index in [0.717, 1.165) is 0 Å². The molecule has 17 heavy (non-hydrogen) atoms. The van der Waals surface area contributed by atoms with Crippen LogP contribution >= 0.6 is 0 Å². The predicted molar refractivity (Wildman–Crippen MR) is 72.8 cm³/mol. The zero-order chi connectivity index (χ0) is 12.8. The molecule has 0 aromatic rings. The topological polar surface area (TPSA) is 20.2 Å². The molecule has 2 saturated carbocycles. The maximum absolute atomic E-state index is 10.8. The molecule has 1 heteroatoms. The van der Waals surface area contributed by atoms with Gasteiger partial charge in [0, 0.05) is 0 Å². The molecule has 2 fully saturated rings. The summed E-state index contributed by atoms with van der Waals surface area (Å²) in [6.07, 6.45) is 6.23. The summed E-state index contributed by atoms with van der Waals surface area (Å²) in [6, 6.07) is 0. The van der Waals surface area contributed by atoms with Crippen LogP contribution in [0.15, 0.2) is 12.2 Å². The lowest BCUT2D eigenvalue weighted by molar-refractivity contribution is -0.0615. The maximum Gasteiger partial charge on any atom is 0.0676 e. The molecule has 0 aromatic heterocycles. The molecule has 98 valence electrons. The molecule has 0 radical (unpaired) electrons. The molecule has 1 nitrogen and oxygen atoms in total. The zero-order valence-electron chi connectivity index (χ0n) is 11.9. The molecule has 1 unspecified atom stereocenters. The minimum atomic E-state index is -0.539. The van der Waals surface area contributed by atoms with Crippen molar-refractivity contribution in [2.24, 2.45) is 23.2 Å². The highest BCUT2D eigenvalue weighted by Crippen LogP contribution is 2.59. The van der Waals surface area contributed by atoms with Gasteiger partial charge in [0.05, 0.1) is 5.60 Å². The van der Waals surface area contributed by atoms with Crippen molar-refractivity contribution in [2.45, 2.75) is 65.4 Å². The first-order chi connectivity index (χ1) is 7.79. The van der Waals surface area contributed by atoms with E-state index in [9.17, 15) is 5.11 Å². The highest BCUT2D eigenvalue weighted by molar-refractivity contribution is 5.18. The fourth-order valence-corrected chi connectivity index (χ4v) is 4.28. The van der Waals surface area contributed by atoms with Crippen molar-refractivity contribution < 1.29 is 5.11 Å². The van der Waals surface area contributed by atoms with E-state index in [1.165, 1.54) is 37.7 Å². The van der Waals surface area contributed by atoms with Crippen LogP contribution in [0.5, 0.6) is 0 Å². The van der Waals surface area contributed by atoms with Crippen LogP contribution in [-0.2, 0) is 0 Å². The summed E-state index contributed by atoms with van der Waals surface area (Å²) in [6.45, 7) is 13.0. The lowest BCUT2D eigenvalue weighted by Crippen LogP contribution is -2.45. The van der Waals surface area contributed by atoms with Crippen LogP contribution in [-0.4, -0.2) is 10.7 Å². The van der Waals surface area contributed by atoms with Gasteiger partial charge < -0.3 is 5.11 Å². The van der Waals surface area contributed by atoms with E-state index in [2.05, 4.69) is 27.4 Å². The monoisotopic (exact) mass is 236 g/mol. The first-order valence-electron chi connectivity index (χ1n) is 7.19. The number of hydrogen-bond donors (Lipinski definition) is 1. The van der Waals surface area contributed by atoms with E-state index in [4.69, 9.17) is 0 Å². The van der Waals surface area contributed by atoms with Gasteiger partial charge in [-0.15, -0.1) is 0 Å². The van der Waals surface area contributed by atoms with E-state index in [0.29, 0.717) is 23.2 Å². The molecule has 0 amide bonds. The van der Waals surface area contributed by atoms with Crippen molar-refractivity contribution in [1.82, 2.24) is 0 Å². The molecule has 0 spiro atoms. The molecular weight excluding hydrogens is 208 g/mol. The van der Waals surface area contributed by atoms with Crippen LogP contribution in [0.4, 0.5) is 0 Å². The first-order valence-corrected chi connectivity index (χ1v) is 7.19. The molecule has 2 aliphatic rings. The van der Waals surface area contributed by atoms with Crippen molar-refractivity contribution in [1.29, 1.82) is 0 Å². The van der Waals surface area contributed by atoms with Gasteiger partial charge in [-0.05, 0) is 62.2 Å². The van der Waals surface area contributed by atoms with E-state index < -0.39 is 5.60 Å². The lowest BCUT2D eigenvalue weighted by atomic mass is 9.62. The van der Waals surface area contributed by atoms with E-state index in [-0.39, 0.29) is 0 Å². The van der Waals surface area contributed by atoms with Crippen LogP contribution in [0.25, 0.3) is 0 Å². The number of hydrogen-bond acceptors (Lipinski definition) is 1. The fraction of sp³-hybridized carbons (Fsp3) is 0.875. The van der Waals surface area contributed by atoms with Crippen molar-refractivity contribution in [3.05, 3.63) is 12.2 Å². The molecule has 4 atom stereocenters. The van der Waals surface area contributed by atoms with Crippen molar-refractivity contribution in [3.63, 3.8) is 0 Å². The average Bonchev–Trinajstić information content (AvgIpc) is 2.57. The Bertz CT molecular complexity index is 315. The second-order valence-corrected chi connectivity index (χ2v) is 7.17. The maximum atomic E-state index is 10.8. The minimum Gasteiger partial charge on any atom is -0.390 e. The lowest BCUT2D eigenvalue weighted by Gasteiger charge is -2.45. The summed E-state index contributed by atoms with van der Waals surface area (Å²) in [4.78, 5) is 0. The highest BCUT2D eigenvalue weighted by atomic mass is 16.3. The SMILES string of the molecule is C=C1CCCC2(C)CC[C@@H]([C@@](C)(O)C(C)C)[C@H]12. The molecule has 0 bridgehead atoms. The third kappa shape index (κ3) is 1.97. The Labute approximate surface area is 106 Å². The quantitative estimate of drug-likeness (QED) is 0.714. The normalized spacial score (nSPS) is 41.4. The van der Waals surface area contributed by atoms with E-state index in [1.54, 1.807) is 0 Å². The Morgan fingerprint density at radius 1 is 1.41 bits per heavy atom. The molecule has 0 heterocycles. The second kappa shape index (κ2) is 4.12. The Balaban J connectivity index is 2.30. The van der Waals surface area contributed by atoms with Crippen LogP contribution in [0.1, 0.15) is 59.8 Å².